The van der Waals surface area contributed by atoms with Crippen LogP contribution in [0, 0.1) is 5.92 Å². The average Bonchev–Trinajstić information content (AvgIpc) is 2.17. The summed E-state index contributed by atoms with van der Waals surface area (Å²) in [5, 5.41) is 0. The Hall–Kier alpha value is -0.0900. The van der Waals surface area contributed by atoms with Crippen LogP contribution in [0.5, 0.6) is 0 Å². The number of nitrogens with zero attached hydrogens (tertiary/aromatic N) is 1. The zero-order chi connectivity index (χ0) is 7.90. The topological polar surface area (TPSA) is 37.4 Å². The summed E-state index contributed by atoms with van der Waals surface area (Å²) in [6, 6.07) is 0. The molecule has 3 aliphatic rings. The lowest BCUT2D eigenvalue weighted by molar-refractivity contribution is 0.387. The Morgan fingerprint density at radius 1 is 1.18 bits per heavy atom. The van der Waals surface area contributed by atoms with Crippen molar-refractivity contribution in [1.82, 2.24) is 4.31 Å². The maximum absolute atomic E-state index is 11.4. The standard InChI is InChI=1S/C7H13NO2S/c9-11(10)6-7-2-1-4-8(11)5-3-7/h7H,1-6H2/t7-/m0/s1. The van der Waals surface area contributed by atoms with Crippen LogP contribution in [0.3, 0.4) is 0 Å². The van der Waals surface area contributed by atoms with Gasteiger partial charge in [-0.2, -0.15) is 0 Å². The van der Waals surface area contributed by atoms with Crippen LogP contribution in [0.4, 0.5) is 0 Å². The molecular weight excluding hydrogens is 162 g/mol. The van der Waals surface area contributed by atoms with Crippen molar-refractivity contribution in [1.29, 1.82) is 0 Å². The van der Waals surface area contributed by atoms with Gasteiger partial charge in [-0.1, -0.05) is 0 Å². The third kappa shape index (κ3) is 1.29. The molecule has 3 nitrogen and oxygen atoms in total. The van der Waals surface area contributed by atoms with Gasteiger partial charge in [0.2, 0.25) is 10.0 Å². The minimum atomic E-state index is -2.83. The molecule has 0 aromatic carbocycles. The molecule has 0 N–H and O–H groups in total. The van der Waals surface area contributed by atoms with Gasteiger partial charge in [0.1, 0.15) is 0 Å². The molecule has 3 heterocycles. The van der Waals surface area contributed by atoms with E-state index >= 15 is 0 Å². The van der Waals surface area contributed by atoms with Crippen molar-refractivity contribution in [2.75, 3.05) is 18.8 Å². The van der Waals surface area contributed by atoms with E-state index in [2.05, 4.69) is 0 Å². The first-order valence-electron chi connectivity index (χ1n) is 4.16. The number of hydrogen-bond donors (Lipinski definition) is 0. The van der Waals surface area contributed by atoms with Gasteiger partial charge in [0, 0.05) is 13.1 Å². The largest absolute Gasteiger partial charge is 0.214 e. The third-order valence-electron chi connectivity index (χ3n) is 2.65. The van der Waals surface area contributed by atoms with Crippen molar-refractivity contribution in [2.24, 2.45) is 5.92 Å². The summed E-state index contributed by atoms with van der Waals surface area (Å²) < 4.78 is 24.4. The Balaban J connectivity index is 2.31. The van der Waals surface area contributed by atoms with E-state index in [0.717, 1.165) is 32.4 Å². The van der Waals surface area contributed by atoms with E-state index < -0.39 is 10.0 Å². The van der Waals surface area contributed by atoms with Gasteiger partial charge in [-0.05, 0) is 25.2 Å². The van der Waals surface area contributed by atoms with Gasteiger partial charge in [-0.15, -0.1) is 0 Å². The fourth-order valence-corrected chi connectivity index (χ4v) is 3.92. The molecule has 0 spiro atoms. The molecule has 3 aliphatic heterocycles. The van der Waals surface area contributed by atoms with Crippen LogP contribution in [0.2, 0.25) is 0 Å². The van der Waals surface area contributed by atoms with Gasteiger partial charge in [-0.25, -0.2) is 12.7 Å². The fourth-order valence-electron chi connectivity index (χ4n) is 1.99. The van der Waals surface area contributed by atoms with E-state index in [4.69, 9.17) is 0 Å². The summed E-state index contributed by atoms with van der Waals surface area (Å²) in [5.41, 5.74) is 0. The van der Waals surface area contributed by atoms with E-state index in [1.165, 1.54) is 0 Å². The van der Waals surface area contributed by atoms with Crippen molar-refractivity contribution in [3.05, 3.63) is 0 Å². The van der Waals surface area contributed by atoms with Crippen LogP contribution in [0.25, 0.3) is 0 Å². The quantitative estimate of drug-likeness (QED) is 0.535. The summed E-state index contributed by atoms with van der Waals surface area (Å²) >= 11 is 0. The Morgan fingerprint density at radius 2 is 2.00 bits per heavy atom. The molecular formula is C7H13NO2S. The van der Waals surface area contributed by atoms with E-state index in [-0.39, 0.29) is 0 Å². The normalized spacial score (nSPS) is 41.8. The van der Waals surface area contributed by atoms with Crippen LogP contribution >= 0.6 is 0 Å². The van der Waals surface area contributed by atoms with Gasteiger partial charge < -0.3 is 0 Å². The summed E-state index contributed by atoms with van der Waals surface area (Å²) in [6.07, 6.45) is 3.25. The molecule has 0 radical (unpaired) electrons. The van der Waals surface area contributed by atoms with Gasteiger partial charge in [-0.3, -0.25) is 0 Å². The van der Waals surface area contributed by atoms with Crippen LogP contribution in [-0.2, 0) is 10.0 Å². The predicted octanol–water partition coefficient (Wildman–Crippen LogP) is 0.432. The lowest BCUT2D eigenvalue weighted by Gasteiger charge is -2.26. The van der Waals surface area contributed by atoms with Crippen LogP contribution in [-0.4, -0.2) is 31.6 Å². The molecule has 2 bridgehead atoms. The lowest BCUT2D eigenvalue weighted by atomic mass is 10.0. The van der Waals surface area contributed by atoms with Crippen LogP contribution in [0.1, 0.15) is 19.3 Å². The van der Waals surface area contributed by atoms with Gasteiger partial charge >= 0.3 is 0 Å². The second kappa shape index (κ2) is 2.45. The molecule has 3 saturated heterocycles. The molecule has 4 heteroatoms. The Labute approximate surface area is 67.4 Å². The number of fused-ring (bicyclic) bond motifs is 4. The van der Waals surface area contributed by atoms with Crippen LogP contribution in [0.15, 0.2) is 0 Å². The number of rotatable bonds is 0. The second-order valence-electron chi connectivity index (χ2n) is 3.47. The smallest absolute Gasteiger partial charge is 0.212 e. The second-order valence-corrected chi connectivity index (χ2v) is 5.49. The van der Waals surface area contributed by atoms with Gasteiger partial charge in [0.15, 0.2) is 0 Å². The first kappa shape index (κ1) is 7.55. The Kier molecular flexibility index (Phi) is 1.68. The predicted molar refractivity (Wildman–Crippen MR) is 42.7 cm³/mol. The van der Waals surface area contributed by atoms with Crippen molar-refractivity contribution < 1.29 is 8.42 Å². The maximum Gasteiger partial charge on any atom is 0.214 e. The summed E-state index contributed by atoms with van der Waals surface area (Å²) in [4.78, 5) is 0. The maximum atomic E-state index is 11.4. The van der Waals surface area contributed by atoms with E-state index in [0.29, 0.717) is 11.7 Å². The molecule has 3 fully saturated rings. The monoisotopic (exact) mass is 175 g/mol. The highest BCUT2D eigenvalue weighted by molar-refractivity contribution is 7.89. The summed E-state index contributed by atoms with van der Waals surface area (Å²) in [5.74, 6) is 0.867. The first-order chi connectivity index (χ1) is 5.18. The Morgan fingerprint density at radius 3 is 2.73 bits per heavy atom. The highest BCUT2D eigenvalue weighted by Crippen LogP contribution is 2.27. The minimum absolute atomic E-state index is 0.410. The average molecular weight is 175 g/mol. The van der Waals surface area contributed by atoms with Crippen molar-refractivity contribution in [3.63, 3.8) is 0 Å². The lowest BCUT2D eigenvalue weighted by Crippen LogP contribution is -2.38. The SMILES string of the molecule is O=S1(=O)C[C@H]2CCCN1CC2. The zero-order valence-electron chi connectivity index (χ0n) is 6.49. The third-order valence-corrected chi connectivity index (χ3v) is 4.69. The molecule has 0 aliphatic carbocycles. The highest BCUT2D eigenvalue weighted by atomic mass is 32.2. The van der Waals surface area contributed by atoms with Crippen molar-refractivity contribution in [2.45, 2.75) is 19.3 Å². The number of hydrogen-bond acceptors (Lipinski definition) is 2. The summed E-state index contributed by atoms with van der Waals surface area (Å²) in [7, 11) is -2.83. The van der Waals surface area contributed by atoms with E-state index in [9.17, 15) is 8.42 Å². The minimum Gasteiger partial charge on any atom is -0.212 e. The molecule has 11 heavy (non-hydrogen) atoms. The molecule has 3 rings (SSSR count). The zero-order valence-corrected chi connectivity index (χ0v) is 7.31. The molecule has 0 aromatic rings. The van der Waals surface area contributed by atoms with E-state index in [1.807, 2.05) is 0 Å². The van der Waals surface area contributed by atoms with Crippen molar-refractivity contribution >= 4 is 10.0 Å². The van der Waals surface area contributed by atoms with Gasteiger partial charge in [0.05, 0.1) is 5.75 Å². The van der Waals surface area contributed by atoms with Gasteiger partial charge in [0.25, 0.3) is 0 Å². The molecule has 1 unspecified atom stereocenters. The number of sulfonamides is 1. The fraction of sp³-hybridized carbons (Fsp3) is 1.00. The Bertz CT molecular complexity index is 243. The molecule has 2 atom stereocenters. The molecule has 0 aromatic heterocycles. The molecule has 0 amide bonds. The van der Waals surface area contributed by atoms with Crippen LogP contribution < -0.4 is 0 Å². The highest BCUT2D eigenvalue weighted by Gasteiger charge is 2.34. The molecule has 64 valence electrons. The van der Waals surface area contributed by atoms with Crippen molar-refractivity contribution in [3.8, 4) is 0 Å². The molecule has 0 saturated carbocycles. The summed E-state index contributed by atoms with van der Waals surface area (Å²) in [6.45, 7) is 1.53. The van der Waals surface area contributed by atoms with E-state index in [1.54, 1.807) is 4.31 Å². The first-order valence-corrected chi connectivity index (χ1v) is 5.77.